The quantitative estimate of drug-likeness (QED) is 0.852. The van der Waals surface area contributed by atoms with Gasteiger partial charge in [-0.25, -0.2) is 9.18 Å². The summed E-state index contributed by atoms with van der Waals surface area (Å²) in [6, 6.07) is 0. The van der Waals surface area contributed by atoms with Crippen LogP contribution in [-0.4, -0.2) is 33.0 Å². The van der Waals surface area contributed by atoms with Crippen molar-refractivity contribution in [2.24, 2.45) is 0 Å². The minimum atomic E-state index is -1.69. The van der Waals surface area contributed by atoms with Crippen molar-refractivity contribution >= 4 is 0 Å². The molecule has 0 saturated carbocycles. The Morgan fingerprint density at radius 3 is 2.89 bits per heavy atom. The maximum absolute atomic E-state index is 14.4. The van der Waals surface area contributed by atoms with E-state index < -0.39 is 23.7 Å². The Balaban J connectivity index is 2.43. The van der Waals surface area contributed by atoms with Gasteiger partial charge in [-0.1, -0.05) is 0 Å². The second-order valence-corrected chi connectivity index (χ2v) is 4.97. The molecule has 5 nitrogen and oxygen atoms in total. The molecular formula is C12H17FN2O3. The van der Waals surface area contributed by atoms with Gasteiger partial charge in [0.05, 0.1) is 12.7 Å². The molecule has 2 heterocycles. The Bertz CT molecular complexity index is 513. The second kappa shape index (κ2) is 4.44. The van der Waals surface area contributed by atoms with Crippen molar-refractivity contribution in [1.82, 2.24) is 9.55 Å². The van der Waals surface area contributed by atoms with Crippen molar-refractivity contribution in [1.29, 1.82) is 0 Å². The highest BCUT2D eigenvalue weighted by Gasteiger charge is 2.47. The predicted octanol–water partition coefficient (Wildman–Crippen LogP) is 0.868. The first kappa shape index (κ1) is 13.2. The molecule has 0 amide bonds. The van der Waals surface area contributed by atoms with Gasteiger partial charge in [0, 0.05) is 18.3 Å². The molecule has 100 valence electrons. The SMILES string of the molecule is Cc1cn([C@H]2O[C@@H](CO)CC2(C)F)c(=O)nc1C. The van der Waals surface area contributed by atoms with Crippen LogP contribution in [-0.2, 0) is 4.74 Å². The summed E-state index contributed by atoms with van der Waals surface area (Å²) in [6.45, 7) is 4.63. The van der Waals surface area contributed by atoms with E-state index in [1.54, 1.807) is 20.0 Å². The van der Waals surface area contributed by atoms with Gasteiger partial charge in [-0.2, -0.15) is 4.98 Å². The number of halogens is 1. The summed E-state index contributed by atoms with van der Waals surface area (Å²) in [7, 11) is 0. The molecule has 0 radical (unpaired) electrons. The highest BCUT2D eigenvalue weighted by atomic mass is 19.1. The van der Waals surface area contributed by atoms with Crippen LogP contribution in [0.4, 0.5) is 4.39 Å². The van der Waals surface area contributed by atoms with E-state index in [4.69, 9.17) is 9.84 Å². The van der Waals surface area contributed by atoms with Crippen LogP contribution in [0.3, 0.4) is 0 Å². The van der Waals surface area contributed by atoms with Gasteiger partial charge >= 0.3 is 5.69 Å². The lowest BCUT2D eigenvalue weighted by atomic mass is 10.0. The first-order chi connectivity index (χ1) is 8.35. The number of aromatic nitrogens is 2. The molecular weight excluding hydrogens is 239 g/mol. The van der Waals surface area contributed by atoms with E-state index in [0.717, 1.165) is 10.1 Å². The highest BCUT2D eigenvalue weighted by molar-refractivity contribution is 5.13. The molecule has 0 bridgehead atoms. The Morgan fingerprint density at radius 2 is 2.33 bits per heavy atom. The molecule has 18 heavy (non-hydrogen) atoms. The molecule has 0 spiro atoms. The number of rotatable bonds is 2. The van der Waals surface area contributed by atoms with E-state index in [-0.39, 0.29) is 13.0 Å². The van der Waals surface area contributed by atoms with Crippen LogP contribution in [0.1, 0.15) is 30.8 Å². The maximum Gasteiger partial charge on any atom is 0.350 e. The maximum atomic E-state index is 14.4. The number of ether oxygens (including phenoxy) is 1. The van der Waals surface area contributed by atoms with Crippen LogP contribution in [0.5, 0.6) is 0 Å². The van der Waals surface area contributed by atoms with E-state index in [0.29, 0.717) is 5.69 Å². The van der Waals surface area contributed by atoms with Crippen LogP contribution < -0.4 is 5.69 Å². The van der Waals surface area contributed by atoms with E-state index in [9.17, 15) is 9.18 Å². The molecule has 1 aromatic rings. The highest BCUT2D eigenvalue weighted by Crippen LogP contribution is 2.40. The number of hydrogen-bond acceptors (Lipinski definition) is 4. The summed E-state index contributed by atoms with van der Waals surface area (Å²) in [4.78, 5) is 15.6. The van der Waals surface area contributed by atoms with Crippen molar-refractivity contribution in [3.63, 3.8) is 0 Å². The van der Waals surface area contributed by atoms with Crippen LogP contribution in [0.15, 0.2) is 11.0 Å². The molecule has 6 heteroatoms. The van der Waals surface area contributed by atoms with Gasteiger partial charge < -0.3 is 9.84 Å². The second-order valence-electron chi connectivity index (χ2n) is 4.97. The monoisotopic (exact) mass is 256 g/mol. The third-order valence-electron chi connectivity index (χ3n) is 3.31. The van der Waals surface area contributed by atoms with Crippen molar-refractivity contribution < 1.29 is 14.2 Å². The minimum Gasteiger partial charge on any atom is -0.394 e. The molecule has 1 aromatic heterocycles. The first-order valence-corrected chi connectivity index (χ1v) is 5.87. The van der Waals surface area contributed by atoms with Crippen LogP contribution in [0.2, 0.25) is 0 Å². The average molecular weight is 256 g/mol. The molecule has 3 atom stereocenters. The molecule has 1 aliphatic rings. The van der Waals surface area contributed by atoms with Gasteiger partial charge in [0.1, 0.15) is 0 Å². The summed E-state index contributed by atoms with van der Waals surface area (Å²) in [5, 5.41) is 9.04. The summed E-state index contributed by atoms with van der Waals surface area (Å²) in [6.07, 6.45) is -0.00654. The number of aliphatic hydroxyl groups excluding tert-OH is 1. The van der Waals surface area contributed by atoms with Crippen molar-refractivity contribution in [2.45, 2.75) is 45.2 Å². The van der Waals surface area contributed by atoms with E-state index in [1.807, 2.05) is 0 Å². The van der Waals surface area contributed by atoms with Gasteiger partial charge in [0.15, 0.2) is 11.9 Å². The normalized spacial score (nSPS) is 31.8. The Hall–Kier alpha value is -1.27. The van der Waals surface area contributed by atoms with Gasteiger partial charge in [-0.3, -0.25) is 4.57 Å². The fourth-order valence-corrected chi connectivity index (χ4v) is 2.20. The molecule has 1 aliphatic heterocycles. The fraction of sp³-hybridized carbons (Fsp3) is 0.667. The molecule has 0 aromatic carbocycles. The molecule has 1 unspecified atom stereocenters. The Labute approximate surface area is 104 Å². The van der Waals surface area contributed by atoms with Crippen LogP contribution in [0, 0.1) is 13.8 Å². The predicted molar refractivity (Wildman–Crippen MR) is 63.1 cm³/mol. The molecule has 1 N–H and O–H groups in total. The molecule has 0 aliphatic carbocycles. The van der Waals surface area contributed by atoms with Gasteiger partial charge in [0.25, 0.3) is 0 Å². The zero-order valence-electron chi connectivity index (χ0n) is 10.7. The lowest BCUT2D eigenvalue weighted by molar-refractivity contribution is -0.0611. The van der Waals surface area contributed by atoms with E-state index >= 15 is 0 Å². The van der Waals surface area contributed by atoms with Gasteiger partial charge in [-0.05, 0) is 26.3 Å². The number of aryl methyl sites for hydroxylation is 2. The average Bonchev–Trinajstić information content (AvgIpc) is 2.59. The molecule has 1 saturated heterocycles. The van der Waals surface area contributed by atoms with E-state index in [2.05, 4.69) is 4.98 Å². The van der Waals surface area contributed by atoms with Crippen molar-refractivity contribution in [2.75, 3.05) is 6.61 Å². The molecule has 2 rings (SSSR count). The first-order valence-electron chi connectivity index (χ1n) is 5.87. The topological polar surface area (TPSA) is 64.3 Å². The fourth-order valence-electron chi connectivity index (χ4n) is 2.20. The number of nitrogens with zero attached hydrogens (tertiary/aromatic N) is 2. The van der Waals surface area contributed by atoms with Gasteiger partial charge in [-0.15, -0.1) is 0 Å². The summed E-state index contributed by atoms with van der Waals surface area (Å²) < 4.78 is 20.9. The summed E-state index contributed by atoms with van der Waals surface area (Å²) in [5.41, 5.74) is -0.818. The van der Waals surface area contributed by atoms with Crippen molar-refractivity contribution in [3.8, 4) is 0 Å². The zero-order chi connectivity index (χ0) is 13.5. The number of alkyl halides is 1. The van der Waals surface area contributed by atoms with E-state index in [1.165, 1.54) is 6.92 Å². The summed E-state index contributed by atoms with van der Waals surface area (Å²) in [5.74, 6) is 0. The Morgan fingerprint density at radius 1 is 1.67 bits per heavy atom. The van der Waals surface area contributed by atoms with Crippen LogP contribution >= 0.6 is 0 Å². The Kier molecular flexibility index (Phi) is 3.25. The number of hydrogen-bond donors (Lipinski definition) is 1. The molecule has 1 fully saturated rings. The standard InChI is InChI=1S/C12H17FN2O3/c1-7-5-15(11(17)14-8(7)2)10-12(3,13)4-9(6-16)18-10/h5,9-10,16H,4,6H2,1-3H3/t9-,10+,12?/m1/s1. The minimum absolute atomic E-state index is 0.0630. The van der Waals surface area contributed by atoms with Crippen LogP contribution in [0.25, 0.3) is 0 Å². The zero-order valence-corrected chi connectivity index (χ0v) is 10.7. The third-order valence-corrected chi connectivity index (χ3v) is 3.31. The lowest BCUT2D eigenvalue weighted by Crippen LogP contribution is -2.36. The lowest BCUT2D eigenvalue weighted by Gasteiger charge is -2.23. The summed E-state index contributed by atoms with van der Waals surface area (Å²) >= 11 is 0. The third kappa shape index (κ3) is 2.18. The largest absolute Gasteiger partial charge is 0.394 e. The van der Waals surface area contributed by atoms with Crippen molar-refractivity contribution in [3.05, 3.63) is 27.9 Å². The number of aliphatic hydroxyl groups is 1. The smallest absolute Gasteiger partial charge is 0.350 e. The van der Waals surface area contributed by atoms with Gasteiger partial charge in [0.2, 0.25) is 0 Å².